The van der Waals surface area contributed by atoms with E-state index in [1.54, 1.807) is 18.3 Å². The highest BCUT2D eigenvalue weighted by Crippen LogP contribution is 2.14. The van der Waals surface area contributed by atoms with Gasteiger partial charge in [-0.1, -0.05) is 0 Å². The zero-order chi connectivity index (χ0) is 12.3. The van der Waals surface area contributed by atoms with E-state index in [0.29, 0.717) is 18.3 Å². The molecule has 0 saturated carbocycles. The fourth-order valence-electron chi connectivity index (χ4n) is 1.60. The van der Waals surface area contributed by atoms with E-state index in [-0.39, 0.29) is 5.82 Å². The normalized spacial score (nSPS) is 10.5. The van der Waals surface area contributed by atoms with Gasteiger partial charge in [0.25, 0.3) is 0 Å². The Kier molecular flexibility index (Phi) is 3.27. The van der Waals surface area contributed by atoms with Crippen molar-refractivity contribution in [1.29, 1.82) is 0 Å². The van der Waals surface area contributed by atoms with Crippen LogP contribution in [0.4, 0.5) is 10.3 Å². The zero-order valence-electron chi connectivity index (χ0n) is 9.56. The number of rotatable bonds is 4. The van der Waals surface area contributed by atoms with Gasteiger partial charge in [-0.15, -0.1) is 0 Å². The Morgan fingerprint density at radius 1 is 1.35 bits per heavy atom. The van der Waals surface area contributed by atoms with Crippen molar-refractivity contribution in [3.63, 3.8) is 0 Å². The molecule has 1 aromatic heterocycles. The molecule has 2 aromatic rings. The van der Waals surface area contributed by atoms with Crippen molar-refractivity contribution < 1.29 is 9.13 Å². The Balaban J connectivity index is 2.04. The lowest BCUT2D eigenvalue weighted by Gasteiger charge is -2.08. The van der Waals surface area contributed by atoms with E-state index in [4.69, 9.17) is 10.5 Å². The van der Waals surface area contributed by atoms with Crippen molar-refractivity contribution >= 4 is 5.95 Å². The lowest BCUT2D eigenvalue weighted by molar-refractivity contribution is 0.295. The molecule has 0 aliphatic rings. The molecular formula is C12H14FN3O. The molecule has 1 aromatic carbocycles. The van der Waals surface area contributed by atoms with Crippen LogP contribution in [0, 0.1) is 5.82 Å². The molecule has 5 heteroatoms. The fourth-order valence-corrected chi connectivity index (χ4v) is 1.60. The summed E-state index contributed by atoms with van der Waals surface area (Å²) in [6.45, 7) is 3.09. The minimum atomic E-state index is -0.278. The van der Waals surface area contributed by atoms with Crippen LogP contribution in [-0.2, 0) is 13.2 Å². The number of nitrogens with zero attached hydrogens (tertiary/aromatic N) is 2. The molecule has 0 spiro atoms. The minimum Gasteiger partial charge on any atom is -0.487 e. The van der Waals surface area contributed by atoms with Crippen LogP contribution in [0.5, 0.6) is 5.75 Å². The van der Waals surface area contributed by atoms with Crippen LogP contribution < -0.4 is 10.5 Å². The summed E-state index contributed by atoms with van der Waals surface area (Å²) in [6.07, 6.45) is 1.68. The first-order valence-corrected chi connectivity index (χ1v) is 5.39. The Morgan fingerprint density at radius 2 is 2.06 bits per heavy atom. The van der Waals surface area contributed by atoms with E-state index in [9.17, 15) is 4.39 Å². The van der Waals surface area contributed by atoms with Gasteiger partial charge in [-0.3, -0.25) is 0 Å². The summed E-state index contributed by atoms with van der Waals surface area (Å²) in [4.78, 5) is 4.01. The number of hydrogen-bond donors (Lipinski definition) is 1. The predicted molar refractivity (Wildman–Crippen MR) is 63.0 cm³/mol. The number of nitrogen functional groups attached to an aromatic ring is 1. The smallest absolute Gasteiger partial charge is 0.200 e. The molecule has 0 bridgehead atoms. The molecule has 0 fully saturated rings. The van der Waals surface area contributed by atoms with Gasteiger partial charge in [-0.2, -0.15) is 0 Å². The third-order valence-electron chi connectivity index (χ3n) is 2.49. The van der Waals surface area contributed by atoms with Crippen LogP contribution in [-0.4, -0.2) is 9.55 Å². The van der Waals surface area contributed by atoms with Crippen LogP contribution in [0.2, 0.25) is 0 Å². The molecule has 90 valence electrons. The average Bonchev–Trinajstić information content (AvgIpc) is 2.69. The maximum absolute atomic E-state index is 12.7. The first kappa shape index (κ1) is 11.4. The van der Waals surface area contributed by atoms with Gasteiger partial charge in [-0.25, -0.2) is 9.37 Å². The summed E-state index contributed by atoms with van der Waals surface area (Å²) in [7, 11) is 0. The number of nitrogens with two attached hydrogens (primary N) is 1. The van der Waals surface area contributed by atoms with Crippen molar-refractivity contribution in [3.8, 4) is 5.75 Å². The van der Waals surface area contributed by atoms with Crippen molar-refractivity contribution in [1.82, 2.24) is 9.55 Å². The molecule has 0 amide bonds. The predicted octanol–water partition coefficient (Wildman–Crippen LogP) is 2.20. The first-order chi connectivity index (χ1) is 8.20. The number of anilines is 1. The lowest BCUT2D eigenvalue weighted by Crippen LogP contribution is -2.07. The minimum absolute atomic E-state index is 0.278. The second kappa shape index (κ2) is 4.86. The number of halogens is 1. The monoisotopic (exact) mass is 235 g/mol. The molecule has 2 rings (SSSR count). The molecule has 0 unspecified atom stereocenters. The highest BCUT2D eigenvalue weighted by atomic mass is 19.1. The van der Waals surface area contributed by atoms with Gasteiger partial charge in [0.2, 0.25) is 0 Å². The van der Waals surface area contributed by atoms with Crippen LogP contribution in [0.3, 0.4) is 0 Å². The Hall–Kier alpha value is -2.04. The molecule has 0 saturated heterocycles. The van der Waals surface area contributed by atoms with Crippen LogP contribution in [0.1, 0.15) is 12.6 Å². The van der Waals surface area contributed by atoms with E-state index >= 15 is 0 Å². The van der Waals surface area contributed by atoms with Gasteiger partial charge >= 0.3 is 0 Å². The quantitative estimate of drug-likeness (QED) is 0.883. The van der Waals surface area contributed by atoms with Crippen LogP contribution in [0.15, 0.2) is 30.5 Å². The lowest BCUT2D eigenvalue weighted by atomic mass is 10.3. The summed E-state index contributed by atoms with van der Waals surface area (Å²) < 4.78 is 20.1. The van der Waals surface area contributed by atoms with Crippen LogP contribution in [0.25, 0.3) is 0 Å². The van der Waals surface area contributed by atoms with Gasteiger partial charge in [0.1, 0.15) is 18.2 Å². The Labute approximate surface area is 98.8 Å². The Bertz CT molecular complexity index is 493. The van der Waals surface area contributed by atoms with Gasteiger partial charge in [0.05, 0.1) is 11.9 Å². The van der Waals surface area contributed by atoms with Gasteiger partial charge < -0.3 is 15.0 Å². The van der Waals surface area contributed by atoms with E-state index in [1.807, 2.05) is 11.5 Å². The number of aromatic nitrogens is 2. The summed E-state index contributed by atoms with van der Waals surface area (Å²) in [5.41, 5.74) is 6.58. The second-order valence-corrected chi connectivity index (χ2v) is 3.59. The highest BCUT2D eigenvalue weighted by molar-refractivity contribution is 5.24. The SMILES string of the molecule is CCn1c(COc2ccc(F)cc2)cnc1N. The molecule has 2 N–H and O–H groups in total. The van der Waals surface area contributed by atoms with Crippen LogP contribution >= 0.6 is 0 Å². The Morgan fingerprint density at radius 3 is 2.71 bits per heavy atom. The molecule has 0 aliphatic heterocycles. The highest BCUT2D eigenvalue weighted by Gasteiger charge is 2.06. The van der Waals surface area contributed by atoms with E-state index in [1.165, 1.54) is 12.1 Å². The third kappa shape index (κ3) is 2.55. The van der Waals surface area contributed by atoms with E-state index in [0.717, 1.165) is 12.2 Å². The van der Waals surface area contributed by atoms with Gasteiger partial charge in [0.15, 0.2) is 5.95 Å². The molecular weight excluding hydrogens is 221 g/mol. The molecule has 0 atom stereocenters. The van der Waals surface area contributed by atoms with Crippen molar-refractivity contribution in [3.05, 3.63) is 42.0 Å². The third-order valence-corrected chi connectivity index (χ3v) is 2.49. The summed E-state index contributed by atoms with van der Waals surface area (Å²) in [6, 6.07) is 5.90. The molecule has 4 nitrogen and oxygen atoms in total. The number of imidazole rings is 1. The maximum Gasteiger partial charge on any atom is 0.200 e. The molecule has 0 aliphatic carbocycles. The molecule has 1 heterocycles. The number of benzene rings is 1. The van der Waals surface area contributed by atoms with Crippen molar-refractivity contribution in [2.45, 2.75) is 20.1 Å². The van der Waals surface area contributed by atoms with Crippen molar-refractivity contribution in [2.24, 2.45) is 0 Å². The summed E-state index contributed by atoms with van der Waals surface area (Å²) in [5.74, 6) is 0.819. The van der Waals surface area contributed by atoms with E-state index in [2.05, 4.69) is 4.98 Å². The first-order valence-electron chi connectivity index (χ1n) is 5.39. The summed E-state index contributed by atoms with van der Waals surface area (Å²) >= 11 is 0. The summed E-state index contributed by atoms with van der Waals surface area (Å²) in [5, 5.41) is 0. The van der Waals surface area contributed by atoms with Gasteiger partial charge in [0, 0.05) is 6.54 Å². The standard InChI is InChI=1S/C12H14FN3O/c1-2-16-10(7-15-12(16)14)8-17-11-5-3-9(13)4-6-11/h3-7H,2,8H2,1H3,(H2,14,15). The molecule has 0 radical (unpaired) electrons. The fraction of sp³-hybridized carbons (Fsp3) is 0.250. The maximum atomic E-state index is 12.7. The number of hydrogen-bond acceptors (Lipinski definition) is 3. The van der Waals surface area contributed by atoms with E-state index < -0.39 is 0 Å². The number of ether oxygens (including phenoxy) is 1. The topological polar surface area (TPSA) is 53.1 Å². The second-order valence-electron chi connectivity index (χ2n) is 3.59. The molecule has 17 heavy (non-hydrogen) atoms. The average molecular weight is 235 g/mol. The zero-order valence-corrected chi connectivity index (χ0v) is 9.56. The largest absolute Gasteiger partial charge is 0.487 e. The van der Waals surface area contributed by atoms with Crippen molar-refractivity contribution in [2.75, 3.05) is 5.73 Å². The van der Waals surface area contributed by atoms with Gasteiger partial charge in [-0.05, 0) is 31.2 Å².